The summed E-state index contributed by atoms with van der Waals surface area (Å²) in [5, 5.41) is 0. The van der Waals surface area contributed by atoms with Gasteiger partial charge in [-0.15, -0.1) is 0 Å². The van der Waals surface area contributed by atoms with Gasteiger partial charge in [-0.2, -0.15) is 0 Å². The second-order valence-electron chi connectivity index (χ2n) is 9.13. The number of para-hydroxylation sites is 1. The standard InChI is InChI=1S/C25H33N3O3/c1-25(2)18-26(15-19-9-11-21(30-3)12-10-19)16-20-17-27(13-14-28(20)25)24(29)22-7-5-6-8-23(22)31-4/h5-12,20H,13-18H2,1-4H3. The van der Waals surface area contributed by atoms with E-state index in [2.05, 4.69) is 35.8 Å². The molecule has 0 saturated carbocycles. The second kappa shape index (κ2) is 8.89. The summed E-state index contributed by atoms with van der Waals surface area (Å²) >= 11 is 0. The zero-order chi connectivity index (χ0) is 22.0. The lowest BCUT2D eigenvalue weighted by atomic mass is 9.92. The average molecular weight is 424 g/mol. The molecule has 0 aliphatic carbocycles. The van der Waals surface area contributed by atoms with Crippen molar-refractivity contribution in [2.24, 2.45) is 0 Å². The Morgan fingerprint density at radius 2 is 1.74 bits per heavy atom. The highest BCUT2D eigenvalue weighted by Crippen LogP contribution is 2.30. The number of amides is 1. The minimum absolute atomic E-state index is 0.0576. The van der Waals surface area contributed by atoms with Crippen LogP contribution in [-0.2, 0) is 6.54 Å². The van der Waals surface area contributed by atoms with Crippen molar-refractivity contribution in [3.05, 3.63) is 59.7 Å². The third-order valence-corrected chi connectivity index (χ3v) is 6.53. The number of rotatable bonds is 5. The molecule has 0 radical (unpaired) electrons. The van der Waals surface area contributed by atoms with E-state index in [0.717, 1.165) is 45.0 Å². The number of hydrogen-bond donors (Lipinski definition) is 0. The van der Waals surface area contributed by atoms with Gasteiger partial charge in [0.05, 0.1) is 19.8 Å². The highest BCUT2D eigenvalue weighted by Gasteiger charge is 2.43. The van der Waals surface area contributed by atoms with Crippen molar-refractivity contribution in [1.82, 2.24) is 14.7 Å². The number of carbonyl (C=O) groups excluding carboxylic acids is 1. The molecule has 6 heteroatoms. The van der Waals surface area contributed by atoms with Crippen LogP contribution in [0.2, 0.25) is 0 Å². The van der Waals surface area contributed by atoms with E-state index in [1.165, 1.54) is 5.56 Å². The first kappa shape index (κ1) is 21.7. The molecule has 2 aromatic rings. The molecule has 1 atom stereocenters. The zero-order valence-corrected chi connectivity index (χ0v) is 19.0. The molecule has 1 amide bonds. The SMILES string of the molecule is COc1ccc(CN2CC3CN(C(=O)c4ccccc4OC)CCN3C(C)(C)C2)cc1. The van der Waals surface area contributed by atoms with Crippen LogP contribution in [-0.4, -0.2) is 79.1 Å². The molecule has 2 saturated heterocycles. The van der Waals surface area contributed by atoms with Crippen LogP contribution in [0.15, 0.2) is 48.5 Å². The zero-order valence-electron chi connectivity index (χ0n) is 19.0. The number of hydrogen-bond acceptors (Lipinski definition) is 5. The normalized spacial score (nSPS) is 21.4. The summed E-state index contributed by atoms with van der Waals surface area (Å²) in [5.74, 6) is 1.58. The average Bonchev–Trinajstić information content (AvgIpc) is 2.78. The minimum atomic E-state index is 0.0576. The number of carbonyl (C=O) groups is 1. The number of fused-ring (bicyclic) bond motifs is 1. The van der Waals surface area contributed by atoms with Gasteiger partial charge in [0.1, 0.15) is 11.5 Å². The van der Waals surface area contributed by atoms with Gasteiger partial charge >= 0.3 is 0 Å². The molecular formula is C25H33N3O3. The lowest BCUT2D eigenvalue weighted by Gasteiger charge is -2.55. The topological polar surface area (TPSA) is 45.3 Å². The molecule has 31 heavy (non-hydrogen) atoms. The smallest absolute Gasteiger partial charge is 0.257 e. The Labute approximate surface area is 185 Å². The van der Waals surface area contributed by atoms with E-state index in [9.17, 15) is 4.79 Å². The van der Waals surface area contributed by atoms with Gasteiger partial charge < -0.3 is 14.4 Å². The number of piperazine rings is 2. The van der Waals surface area contributed by atoms with Gasteiger partial charge in [-0.3, -0.25) is 14.6 Å². The summed E-state index contributed by atoms with van der Waals surface area (Å²) in [5.41, 5.74) is 1.99. The van der Waals surface area contributed by atoms with Gasteiger partial charge in [0, 0.05) is 50.8 Å². The Balaban J connectivity index is 1.47. The monoisotopic (exact) mass is 423 g/mol. The van der Waals surface area contributed by atoms with E-state index in [1.807, 2.05) is 41.3 Å². The number of ether oxygens (including phenoxy) is 2. The second-order valence-corrected chi connectivity index (χ2v) is 9.13. The van der Waals surface area contributed by atoms with Gasteiger partial charge in [0.15, 0.2) is 0 Å². The molecule has 4 rings (SSSR count). The quantitative estimate of drug-likeness (QED) is 0.739. The molecule has 0 bridgehead atoms. The van der Waals surface area contributed by atoms with Crippen molar-refractivity contribution in [1.29, 1.82) is 0 Å². The van der Waals surface area contributed by atoms with E-state index in [0.29, 0.717) is 17.4 Å². The fourth-order valence-corrected chi connectivity index (χ4v) is 5.09. The Bertz CT molecular complexity index is 912. The molecule has 0 spiro atoms. The van der Waals surface area contributed by atoms with Gasteiger partial charge in [-0.25, -0.2) is 0 Å². The first-order chi connectivity index (χ1) is 14.9. The molecule has 1 unspecified atom stereocenters. The largest absolute Gasteiger partial charge is 0.497 e. The summed E-state index contributed by atoms with van der Waals surface area (Å²) in [6.45, 7) is 9.87. The van der Waals surface area contributed by atoms with Crippen LogP contribution in [0, 0.1) is 0 Å². The van der Waals surface area contributed by atoms with Crippen molar-refractivity contribution in [2.45, 2.75) is 32.0 Å². The predicted octanol–water partition coefficient (Wildman–Crippen LogP) is 3.12. The lowest BCUT2D eigenvalue weighted by molar-refractivity contribution is -0.0613. The Hall–Kier alpha value is -2.57. The molecule has 166 valence electrons. The number of methoxy groups -OCH3 is 2. The van der Waals surface area contributed by atoms with Crippen molar-refractivity contribution in [2.75, 3.05) is 46.9 Å². The Morgan fingerprint density at radius 1 is 1.00 bits per heavy atom. The van der Waals surface area contributed by atoms with Crippen molar-refractivity contribution in [3.8, 4) is 11.5 Å². The summed E-state index contributed by atoms with van der Waals surface area (Å²) in [7, 11) is 3.31. The first-order valence-corrected chi connectivity index (χ1v) is 11.0. The van der Waals surface area contributed by atoms with E-state index in [4.69, 9.17) is 9.47 Å². The number of nitrogens with zero attached hydrogens (tertiary/aromatic N) is 3. The summed E-state index contributed by atoms with van der Waals surface area (Å²) in [6, 6.07) is 16.1. The van der Waals surface area contributed by atoms with Crippen molar-refractivity contribution < 1.29 is 14.3 Å². The molecule has 0 aromatic heterocycles. The third-order valence-electron chi connectivity index (χ3n) is 6.53. The molecule has 0 N–H and O–H groups in total. The fourth-order valence-electron chi connectivity index (χ4n) is 5.09. The molecule has 2 aromatic carbocycles. The van der Waals surface area contributed by atoms with Gasteiger partial charge in [0.2, 0.25) is 0 Å². The van der Waals surface area contributed by atoms with Crippen molar-refractivity contribution >= 4 is 5.91 Å². The van der Waals surface area contributed by atoms with Gasteiger partial charge in [-0.05, 0) is 43.7 Å². The lowest BCUT2D eigenvalue weighted by Crippen LogP contribution is -2.69. The van der Waals surface area contributed by atoms with Crippen molar-refractivity contribution in [3.63, 3.8) is 0 Å². The Morgan fingerprint density at radius 3 is 2.45 bits per heavy atom. The van der Waals surface area contributed by atoms with Crippen LogP contribution >= 0.6 is 0 Å². The van der Waals surface area contributed by atoms with E-state index >= 15 is 0 Å². The highest BCUT2D eigenvalue weighted by atomic mass is 16.5. The molecule has 2 heterocycles. The van der Waals surface area contributed by atoms with Gasteiger partial charge in [-0.1, -0.05) is 24.3 Å². The minimum Gasteiger partial charge on any atom is -0.497 e. The van der Waals surface area contributed by atoms with Gasteiger partial charge in [0.25, 0.3) is 5.91 Å². The molecule has 2 fully saturated rings. The summed E-state index contributed by atoms with van der Waals surface area (Å²) < 4.78 is 10.7. The third kappa shape index (κ3) is 4.55. The van der Waals surface area contributed by atoms with Crippen LogP contribution in [0.4, 0.5) is 0 Å². The van der Waals surface area contributed by atoms with Crippen LogP contribution in [0.25, 0.3) is 0 Å². The van der Waals surface area contributed by atoms with E-state index in [1.54, 1.807) is 14.2 Å². The van der Waals surface area contributed by atoms with Crippen LogP contribution < -0.4 is 9.47 Å². The predicted molar refractivity (Wildman–Crippen MR) is 122 cm³/mol. The van der Waals surface area contributed by atoms with E-state index in [-0.39, 0.29) is 11.4 Å². The maximum atomic E-state index is 13.3. The summed E-state index contributed by atoms with van der Waals surface area (Å²) in [6.07, 6.45) is 0. The first-order valence-electron chi connectivity index (χ1n) is 11.0. The molecule has 2 aliphatic heterocycles. The number of benzene rings is 2. The molecular weight excluding hydrogens is 390 g/mol. The Kier molecular flexibility index (Phi) is 6.21. The highest BCUT2D eigenvalue weighted by molar-refractivity contribution is 5.97. The maximum Gasteiger partial charge on any atom is 0.257 e. The fraction of sp³-hybridized carbons (Fsp3) is 0.480. The van der Waals surface area contributed by atoms with Crippen LogP contribution in [0.3, 0.4) is 0 Å². The van der Waals surface area contributed by atoms with E-state index < -0.39 is 0 Å². The summed E-state index contributed by atoms with van der Waals surface area (Å²) in [4.78, 5) is 20.3. The molecule has 2 aliphatic rings. The van der Waals surface area contributed by atoms with Crippen LogP contribution in [0.1, 0.15) is 29.8 Å². The maximum absolute atomic E-state index is 13.3. The van der Waals surface area contributed by atoms with Crippen LogP contribution in [0.5, 0.6) is 11.5 Å². The molecule has 6 nitrogen and oxygen atoms in total.